The fourth-order valence-electron chi connectivity index (χ4n) is 2.11. The van der Waals surface area contributed by atoms with Crippen LogP contribution in [0.2, 0.25) is 0 Å². The average Bonchev–Trinajstić information content (AvgIpc) is 2.48. The second kappa shape index (κ2) is 6.55. The summed E-state index contributed by atoms with van der Waals surface area (Å²) in [6.45, 7) is 1.92. The molecule has 0 spiro atoms. The summed E-state index contributed by atoms with van der Waals surface area (Å²) in [5, 5.41) is 0.890. The molecule has 0 unspecified atom stereocenters. The minimum absolute atomic E-state index is 0. The largest absolute Gasteiger partial charge is 2.00 e. The molecule has 0 aliphatic rings. The van der Waals surface area contributed by atoms with E-state index in [0.717, 1.165) is 10.9 Å². The Morgan fingerprint density at radius 3 is 2.36 bits per heavy atom. The number of para-hydroxylation sites is 1. The molecule has 0 fully saturated rings. The molecule has 3 aromatic rings. The van der Waals surface area contributed by atoms with E-state index in [2.05, 4.69) is 9.71 Å². The number of fused-ring (bicyclic) bond motifs is 1. The summed E-state index contributed by atoms with van der Waals surface area (Å²) >= 11 is 0. The second-order valence-corrected chi connectivity index (χ2v) is 6.48. The van der Waals surface area contributed by atoms with Gasteiger partial charge in [-0.25, -0.2) is 8.42 Å². The van der Waals surface area contributed by atoms with E-state index in [9.17, 15) is 8.42 Å². The van der Waals surface area contributed by atoms with E-state index in [4.69, 9.17) is 0 Å². The average molecular weight is 364 g/mol. The van der Waals surface area contributed by atoms with E-state index >= 15 is 0 Å². The zero-order valence-electron chi connectivity index (χ0n) is 12.2. The first-order valence-electron chi connectivity index (χ1n) is 6.49. The van der Waals surface area contributed by atoms with Crippen LogP contribution >= 0.6 is 0 Å². The van der Waals surface area contributed by atoms with E-state index < -0.39 is 10.0 Å². The Hall–Kier alpha value is -1.78. The van der Waals surface area contributed by atoms with Gasteiger partial charge in [-0.2, -0.15) is 0 Å². The monoisotopic (exact) mass is 362 g/mol. The van der Waals surface area contributed by atoms with Crippen molar-refractivity contribution < 1.29 is 27.9 Å². The summed E-state index contributed by atoms with van der Waals surface area (Å²) in [4.78, 5) is 4.48. The molecule has 1 N–H and O–H groups in total. The van der Waals surface area contributed by atoms with E-state index in [1.165, 1.54) is 0 Å². The van der Waals surface area contributed by atoms with Gasteiger partial charge in [-0.05, 0) is 31.2 Å². The van der Waals surface area contributed by atoms with Crippen molar-refractivity contribution in [2.24, 2.45) is 0 Å². The molecule has 0 atom stereocenters. The van der Waals surface area contributed by atoms with Gasteiger partial charge in [0.1, 0.15) is 0 Å². The first-order chi connectivity index (χ1) is 10.1. The number of pyridine rings is 1. The molecule has 0 saturated carbocycles. The Kier molecular flexibility index (Phi) is 4.94. The smallest absolute Gasteiger partial charge is 0.277 e. The van der Waals surface area contributed by atoms with Crippen LogP contribution in [0.5, 0.6) is 0 Å². The number of nitrogens with one attached hydrogen (secondary N) is 1. The first-order valence-corrected chi connectivity index (χ1v) is 7.98. The third-order valence-corrected chi connectivity index (χ3v) is 4.59. The molecule has 1 aromatic heterocycles. The third-order valence-electron chi connectivity index (χ3n) is 3.21. The molecule has 0 aliphatic carbocycles. The summed E-state index contributed by atoms with van der Waals surface area (Å²) in [7, 11) is -3.61. The number of rotatable bonds is 3. The predicted molar refractivity (Wildman–Crippen MR) is 83.7 cm³/mol. The van der Waals surface area contributed by atoms with Crippen LogP contribution in [-0.4, -0.2) is 13.4 Å². The van der Waals surface area contributed by atoms with Gasteiger partial charge in [0.05, 0.1) is 16.1 Å². The van der Waals surface area contributed by atoms with Crippen molar-refractivity contribution in [3.63, 3.8) is 0 Å². The SMILES string of the molecule is Cc1ccc(S(=O)(=O)Nc2cccc3cccnc23)cc1.[Zn+2]. The van der Waals surface area contributed by atoms with Crippen LogP contribution in [0.4, 0.5) is 5.69 Å². The summed E-state index contributed by atoms with van der Waals surface area (Å²) in [5.74, 6) is 0. The molecule has 0 amide bonds. The summed E-state index contributed by atoms with van der Waals surface area (Å²) in [5.41, 5.74) is 2.13. The Morgan fingerprint density at radius 1 is 0.955 bits per heavy atom. The minimum atomic E-state index is -3.61. The maximum Gasteiger partial charge on any atom is 2.00 e. The molecule has 3 rings (SSSR count). The van der Waals surface area contributed by atoms with E-state index in [1.54, 1.807) is 42.6 Å². The third kappa shape index (κ3) is 3.34. The quantitative estimate of drug-likeness (QED) is 0.726. The van der Waals surface area contributed by atoms with Crippen molar-refractivity contribution in [1.82, 2.24) is 4.98 Å². The Bertz CT molecular complexity index is 888. The molecular weight excluding hydrogens is 350 g/mol. The van der Waals surface area contributed by atoms with Gasteiger partial charge in [0.2, 0.25) is 0 Å². The van der Waals surface area contributed by atoms with E-state index in [-0.39, 0.29) is 24.4 Å². The Balaban J connectivity index is 0.00000176. The topological polar surface area (TPSA) is 59.1 Å². The van der Waals surface area contributed by atoms with Gasteiger partial charge in [-0.3, -0.25) is 9.71 Å². The molecule has 0 aliphatic heterocycles. The molecule has 106 valence electrons. The zero-order chi connectivity index (χ0) is 14.9. The van der Waals surface area contributed by atoms with E-state index in [0.29, 0.717) is 11.2 Å². The number of sulfonamides is 1. The van der Waals surface area contributed by atoms with Gasteiger partial charge in [0.25, 0.3) is 10.0 Å². The van der Waals surface area contributed by atoms with Gasteiger partial charge in [0, 0.05) is 11.6 Å². The Labute approximate surface area is 142 Å². The number of aryl methyl sites for hydroxylation is 1. The molecule has 22 heavy (non-hydrogen) atoms. The molecule has 0 bridgehead atoms. The van der Waals surface area contributed by atoms with Crippen LogP contribution < -0.4 is 4.72 Å². The molecular formula is C16H14N2O2SZn+2. The number of hydrogen-bond donors (Lipinski definition) is 1. The number of anilines is 1. The fraction of sp³-hybridized carbons (Fsp3) is 0.0625. The van der Waals surface area contributed by atoms with Gasteiger partial charge < -0.3 is 0 Å². The minimum Gasteiger partial charge on any atom is -0.277 e. The van der Waals surface area contributed by atoms with Crippen LogP contribution in [0, 0.1) is 6.92 Å². The Morgan fingerprint density at radius 2 is 1.64 bits per heavy atom. The molecule has 0 radical (unpaired) electrons. The van der Waals surface area contributed by atoms with Gasteiger partial charge in [-0.1, -0.05) is 35.9 Å². The number of aromatic nitrogens is 1. The molecule has 4 nitrogen and oxygen atoms in total. The van der Waals surface area contributed by atoms with Gasteiger partial charge >= 0.3 is 19.5 Å². The maximum absolute atomic E-state index is 12.4. The van der Waals surface area contributed by atoms with Crippen molar-refractivity contribution in [3.8, 4) is 0 Å². The predicted octanol–water partition coefficient (Wildman–Crippen LogP) is 3.34. The van der Waals surface area contributed by atoms with Crippen LogP contribution in [0.1, 0.15) is 5.56 Å². The van der Waals surface area contributed by atoms with E-state index in [1.807, 2.05) is 25.1 Å². The maximum atomic E-state index is 12.4. The van der Waals surface area contributed by atoms with Crippen LogP contribution in [0.3, 0.4) is 0 Å². The summed E-state index contributed by atoms with van der Waals surface area (Å²) in [6.07, 6.45) is 1.64. The fourth-order valence-corrected chi connectivity index (χ4v) is 3.17. The normalized spacial score (nSPS) is 11.0. The van der Waals surface area contributed by atoms with Crippen LogP contribution in [0.25, 0.3) is 10.9 Å². The summed E-state index contributed by atoms with van der Waals surface area (Å²) < 4.78 is 27.4. The standard InChI is InChI=1S/C16H14N2O2S.Zn/c1-12-7-9-14(10-8-12)21(19,20)18-15-6-2-4-13-5-3-11-17-16(13)15;/h2-11,18H,1H3;/q;+2. The van der Waals surface area contributed by atoms with Gasteiger partial charge in [0.15, 0.2) is 0 Å². The summed E-state index contributed by atoms with van der Waals surface area (Å²) in [6, 6.07) is 15.9. The zero-order valence-corrected chi connectivity index (χ0v) is 15.9. The number of benzene rings is 2. The van der Waals surface area contributed by atoms with Crippen molar-refractivity contribution in [2.75, 3.05) is 4.72 Å². The number of nitrogens with zero attached hydrogens (tertiary/aromatic N) is 1. The molecule has 1 heterocycles. The van der Waals surface area contributed by atoms with Crippen molar-refractivity contribution >= 4 is 26.6 Å². The second-order valence-electron chi connectivity index (χ2n) is 4.80. The molecule has 6 heteroatoms. The van der Waals surface area contributed by atoms with Crippen molar-refractivity contribution in [2.45, 2.75) is 11.8 Å². The van der Waals surface area contributed by atoms with Gasteiger partial charge in [-0.15, -0.1) is 0 Å². The molecule has 0 saturated heterocycles. The van der Waals surface area contributed by atoms with Crippen LogP contribution in [0.15, 0.2) is 65.7 Å². The first kappa shape index (κ1) is 16.6. The van der Waals surface area contributed by atoms with Crippen molar-refractivity contribution in [1.29, 1.82) is 0 Å². The molecule has 2 aromatic carbocycles. The number of hydrogen-bond acceptors (Lipinski definition) is 3. The van der Waals surface area contributed by atoms with Crippen LogP contribution in [-0.2, 0) is 29.5 Å². The van der Waals surface area contributed by atoms with Crippen molar-refractivity contribution in [3.05, 3.63) is 66.4 Å².